The van der Waals surface area contributed by atoms with E-state index in [1.54, 1.807) is 7.11 Å². The predicted molar refractivity (Wildman–Crippen MR) is 127 cm³/mol. The minimum Gasteiger partial charge on any atom is -0.493 e. The van der Waals surface area contributed by atoms with Crippen molar-refractivity contribution in [1.29, 1.82) is 0 Å². The van der Waals surface area contributed by atoms with Crippen molar-refractivity contribution in [3.63, 3.8) is 0 Å². The predicted octanol–water partition coefficient (Wildman–Crippen LogP) is 4.71. The molecular formula is C26H30N2O5. The zero-order chi connectivity index (χ0) is 23.7. The van der Waals surface area contributed by atoms with Crippen LogP contribution < -0.4 is 20.1 Å². The van der Waals surface area contributed by atoms with Crippen LogP contribution in [-0.4, -0.2) is 32.1 Å². The summed E-state index contributed by atoms with van der Waals surface area (Å²) in [5, 5.41) is 6.99. The van der Waals surface area contributed by atoms with Crippen molar-refractivity contribution in [2.75, 3.05) is 24.9 Å². The van der Waals surface area contributed by atoms with Crippen LogP contribution in [0.25, 0.3) is 0 Å². The Morgan fingerprint density at radius 2 is 1.79 bits per heavy atom. The van der Waals surface area contributed by atoms with Gasteiger partial charge in [0.25, 0.3) is 0 Å². The van der Waals surface area contributed by atoms with E-state index >= 15 is 0 Å². The Bertz CT molecular complexity index is 1110. The molecule has 0 fully saturated rings. The molecule has 2 aromatic rings. The van der Waals surface area contributed by atoms with Crippen molar-refractivity contribution in [3.05, 3.63) is 59.3 Å². The number of ether oxygens (including phenoxy) is 3. The maximum absolute atomic E-state index is 13.8. The first-order valence-corrected chi connectivity index (χ1v) is 11.2. The molecule has 4 rings (SSSR count). The molecule has 2 N–H and O–H groups in total. The fourth-order valence-corrected chi connectivity index (χ4v) is 4.65. The van der Waals surface area contributed by atoms with E-state index < -0.39 is 17.9 Å². The summed E-state index contributed by atoms with van der Waals surface area (Å²) in [6.07, 6.45) is 0.437. The first-order valence-electron chi connectivity index (χ1n) is 11.2. The summed E-state index contributed by atoms with van der Waals surface area (Å²) in [4.78, 5) is 26.4. The van der Waals surface area contributed by atoms with Crippen molar-refractivity contribution < 1.29 is 23.8 Å². The van der Waals surface area contributed by atoms with Gasteiger partial charge in [0.15, 0.2) is 17.3 Å². The second-order valence-corrected chi connectivity index (χ2v) is 8.73. The lowest BCUT2D eigenvalue weighted by Crippen LogP contribution is -2.39. The van der Waals surface area contributed by atoms with Gasteiger partial charge in [-0.2, -0.15) is 0 Å². The van der Waals surface area contributed by atoms with Crippen molar-refractivity contribution in [2.45, 2.75) is 39.3 Å². The number of benzene rings is 2. The number of Topliss-reactive ketones (excluding diaryl/α,β-unsaturated/α-hetero) is 1. The van der Waals surface area contributed by atoms with Gasteiger partial charge in [0.1, 0.15) is 5.92 Å². The summed E-state index contributed by atoms with van der Waals surface area (Å²) in [5.41, 5.74) is 3.80. The molecular weight excluding hydrogens is 420 g/mol. The highest BCUT2D eigenvalue weighted by Crippen LogP contribution is 2.47. The van der Waals surface area contributed by atoms with Crippen molar-refractivity contribution >= 4 is 23.1 Å². The molecule has 7 nitrogen and oxygen atoms in total. The lowest BCUT2D eigenvalue weighted by molar-refractivity contribution is -0.151. The SMILES string of the molecule is COC(=O)[C@H]1C(=O)C2=C(C[C@@H]1C)Nc1ccccc1N[C@H]2c1cccc(OC)c1OC(C)C. The van der Waals surface area contributed by atoms with Gasteiger partial charge >= 0.3 is 5.97 Å². The van der Waals surface area contributed by atoms with E-state index in [9.17, 15) is 9.59 Å². The molecule has 0 saturated heterocycles. The second-order valence-electron chi connectivity index (χ2n) is 8.73. The number of anilines is 2. The third kappa shape index (κ3) is 4.15. The Hall–Kier alpha value is -3.48. The standard InChI is InChI=1S/C26H30N2O5/c1-14(2)33-25-16(9-8-12-20(25)31-4)23-22-19(27-17-10-6-7-11-18(17)28-23)13-15(3)21(24(22)29)26(30)32-5/h6-12,14-15,21,23,27-28H,13H2,1-5H3/t15-,21+,23-/m0/s1. The van der Waals surface area contributed by atoms with Crippen LogP contribution in [0, 0.1) is 11.8 Å². The minimum atomic E-state index is -0.860. The third-order valence-corrected chi connectivity index (χ3v) is 6.12. The van der Waals surface area contributed by atoms with Gasteiger partial charge in [-0.1, -0.05) is 31.2 Å². The summed E-state index contributed by atoms with van der Waals surface area (Å²) in [5.74, 6) is -0.660. The van der Waals surface area contributed by atoms with Gasteiger partial charge in [-0.15, -0.1) is 0 Å². The molecule has 174 valence electrons. The Morgan fingerprint density at radius 1 is 1.06 bits per heavy atom. The summed E-state index contributed by atoms with van der Waals surface area (Å²) < 4.78 is 16.8. The molecule has 0 bridgehead atoms. The topological polar surface area (TPSA) is 85.9 Å². The molecule has 0 aromatic heterocycles. The Morgan fingerprint density at radius 3 is 2.45 bits per heavy atom. The van der Waals surface area contributed by atoms with Crippen LogP contribution in [0.1, 0.15) is 38.8 Å². The summed E-state index contributed by atoms with van der Waals surface area (Å²) in [6.45, 7) is 5.79. The largest absolute Gasteiger partial charge is 0.493 e. The minimum absolute atomic E-state index is 0.102. The van der Waals surface area contributed by atoms with Crippen LogP contribution in [0.3, 0.4) is 0 Å². The zero-order valence-electron chi connectivity index (χ0n) is 19.6. The summed E-state index contributed by atoms with van der Waals surface area (Å²) >= 11 is 0. The monoisotopic (exact) mass is 450 g/mol. The van der Waals surface area contributed by atoms with Gasteiger partial charge < -0.3 is 24.8 Å². The number of ketones is 1. The Balaban J connectivity index is 1.93. The number of esters is 1. The maximum atomic E-state index is 13.8. The Labute approximate surface area is 194 Å². The van der Waals surface area contributed by atoms with Crippen LogP contribution in [0.2, 0.25) is 0 Å². The number of allylic oxidation sites excluding steroid dienone is 1. The molecule has 2 aromatic carbocycles. The number of fused-ring (bicyclic) bond motifs is 1. The van der Waals surface area contributed by atoms with E-state index in [0.717, 1.165) is 22.6 Å². The first kappa shape index (κ1) is 22.7. The number of carbonyl (C=O) groups excluding carboxylic acids is 2. The van der Waals surface area contributed by atoms with Gasteiger partial charge in [0.2, 0.25) is 0 Å². The molecule has 0 amide bonds. The van der Waals surface area contributed by atoms with Crippen LogP contribution in [0.15, 0.2) is 53.7 Å². The molecule has 2 aliphatic rings. The fraction of sp³-hybridized carbons (Fsp3) is 0.385. The maximum Gasteiger partial charge on any atom is 0.316 e. The Kier molecular flexibility index (Phi) is 6.31. The highest BCUT2D eigenvalue weighted by Gasteiger charge is 2.45. The van der Waals surface area contributed by atoms with Gasteiger partial charge in [0.05, 0.1) is 37.7 Å². The molecule has 1 heterocycles. The molecule has 0 radical (unpaired) electrons. The molecule has 0 unspecified atom stereocenters. The average Bonchev–Trinajstić information content (AvgIpc) is 2.95. The van der Waals surface area contributed by atoms with Gasteiger partial charge in [-0.05, 0) is 44.4 Å². The number of carbonyl (C=O) groups is 2. The number of hydrogen-bond donors (Lipinski definition) is 2. The molecule has 0 saturated carbocycles. The molecule has 7 heteroatoms. The van der Waals surface area contributed by atoms with Crippen LogP contribution >= 0.6 is 0 Å². The second kappa shape index (κ2) is 9.17. The van der Waals surface area contributed by atoms with Gasteiger partial charge in [-0.25, -0.2) is 0 Å². The van der Waals surface area contributed by atoms with E-state index in [1.165, 1.54) is 7.11 Å². The lowest BCUT2D eigenvalue weighted by atomic mass is 9.74. The molecule has 33 heavy (non-hydrogen) atoms. The molecule has 1 aliphatic carbocycles. The molecule has 1 aliphatic heterocycles. The molecule has 0 spiro atoms. The van der Waals surface area contributed by atoms with E-state index in [4.69, 9.17) is 14.2 Å². The van der Waals surface area contributed by atoms with Crippen molar-refractivity contribution in [3.8, 4) is 11.5 Å². The van der Waals surface area contributed by atoms with E-state index in [1.807, 2.05) is 63.2 Å². The fourth-order valence-electron chi connectivity index (χ4n) is 4.65. The zero-order valence-corrected chi connectivity index (χ0v) is 19.6. The van der Waals surface area contributed by atoms with E-state index in [0.29, 0.717) is 23.5 Å². The number of nitrogens with one attached hydrogen (secondary N) is 2. The first-order chi connectivity index (χ1) is 15.8. The van der Waals surface area contributed by atoms with Crippen LogP contribution in [0.5, 0.6) is 11.5 Å². The quantitative estimate of drug-likeness (QED) is 0.504. The van der Waals surface area contributed by atoms with Gasteiger partial charge in [-0.3, -0.25) is 9.59 Å². The third-order valence-electron chi connectivity index (χ3n) is 6.12. The molecule has 3 atom stereocenters. The number of methoxy groups -OCH3 is 2. The van der Waals surface area contributed by atoms with Crippen molar-refractivity contribution in [1.82, 2.24) is 0 Å². The highest BCUT2D eigenvalue weighted by molar-refractivity contribution is 6.11. The highest BCUT2D eigenvalue weighted by atomic mass is 16.5. The van der Waals surface area contributed by atoms with E-state index in [-0.39, 0.29) is 17.8 Å². The normalized spacial score (nSPS) is 21.9. The number of hydrogen-bond acceptors (Lipinski definition) is 7. The lowest BCUT2D eigenvalue weighted by Gasteiger charge is -2.33. The van der Waals surface area contributed by atoms with Crippen LogP contribution in [0.4, 0.5) is 11.4 Å². The number of rotatable bonds is 5. The smallest absolute Gasteiger partial charge is 0.316 e. The van der Waals surface area contributed by atoms with Crippen molar-refractivity contribution in [2.24, 2.45) is 11.8 Å². The van der Waals surface area contributed by atoms with Crippen LogP contribution in [-0.2, 0) is 14.3 Å². The number of para-hydroxylation sites is 3. The van der Waals surface area contributed by atoms with Gasteiger partial charge in [0, 0.05) is 16.8 Å². The van der Waals surface area contributed by atoms with E-state index in [2.05, 4.69) is 10.6 Å². The summed E-state index contributed by atoms with van der Waals surface area (Å²) in [7, 11) is 2.91. The average molecular weight is 451 g/mol. The summed E-state index contributed by atoms with van der Waals surface area (Å²) in [6, 6.07) is 12.9.